The van der Waals surface area contributed by atoms with E-state index in [-0.39, 0.29) is 17.9 Å². The minimum absolute atomic E-state index is 0.0138. The van der Waals surface area contributed by atoms with Gasteiger partial charge in [-0.2, -0.15) is 0 Å². The van der Waals surface area contributed by atoms with E-state index in [0.717, 1.165) is 25.7 Å². The van der Waals surface area contributed by atoms with Gasteiger partial charge in [0.2, 0.25) is 5.91 Å². The maximum absolute atomic E-state index is 12.3. The third-order valence-corrected chi connectivity index (χ3v) is 4.00. The molecule has 0 aromatic carbocycles. The van der Waals surface area contributed by atoms with Gasteiger partial charge in [0.15, 0.2) is 0 Å². The van der Waals surface area contributed by atoms with Crippen LogP contribution in [0.15, 0.2) is 0 Å². The van der Waals surface area contributed by atoms with Crippen molar-refractivity contribution in [2.24, 2.45) is 11.8 Å². The number of unbranched alkanes of at least 4 members (excludes halogenated alkanes) is 1. The van der Waals surface area contributed by atoms with Gasteiger partial charge in [-0.05, 0) is 26.2 Å². The second kappa shape index (κ2) is 6.76. The summed E-state index contributed by atoms with van der Waals surface area (Å²) in [6, 6.07) is -0.173. The Balaban J connectivity index is 2.64. The van der Waals surface area contributed by atoms with Gasteiger partial charge in [0.05, 0.1) is 5.92 Å². The Morgan fingerprint density at radius 1 is 1.44 bits per heavy atom. The maximum Gasteiger partial charge on any atom is 0.308 e. The van der Waals surface area contributed by atoms with E-state index >= 15 is 0 Å². The first-order chi connectivity index (χ1) is 8.49. The van der Waals surface area contributed by atoms with E-state index in [4.69, 9.17) is 5.11 Å². The van der Waals surface area contributed by atoms with Crippen molar-refractivity contribution < 1.29 is 14.7 Å². The molecule has 1 rings (SSSR count). The number of likely N-dealkylation sites (tertiary alicyclic amines) is 1. The number of hydrogen-bond acceptors (Lipinski definition) is 2. The Hall–Kier alpha value is -1.06. The van der Waals surface area contributed by atoms with Gasteiger partial charge in [0, 0.05) is 18.5 Å². The van der Waals surface area contributed by atoms with Crippen LogP contribution in [0.2, 0.25) is 0 Å². The summed E-state index contributed by atoms with van der Waals surface area (Å²) >= 11 is 0. The van der Waals surface area contributed by atoms with Crippen LogP contribution in [-0.2, 0) is 9.59 Å². The molecule has 18 heavy (non-hydrogen) atoms. The van der Waals surface area contributed by atoms with Crippen LogP contribution in [0.5, 0.6) is 0 Å². The Labute approximate surface area is 109 Å². The number of carboxylic acids is 1. The molecule has 0 aromatic rings. The number of carbonyl (C=O) groups excluding carboxylic acids is 1. The van der Waals surface area contributed by atoms with Crippen LogP contribution in [0.25, 0.3) is 0 Å². The Morgan fingerprint density at radius 3 is 2.67 bits per heavy atom. The fourth-order valence-electron chi connectivity index (χ4n) is 2.70. The summed E-state index contributed by atoms with van der Waals surface area (Å²) in [6.07, 6.45) is 4.52. The number of carboxylic acid groups (broad SMARTS) is 1. The zero-order valence-corrected chi connectivity index (χ0v) is 11.7. The molecule has 0 aliphatic carbocycles. The normalized spacial score (nSPS) is 25.8. The summed E-state index contributed by atoms with van der Waals surface area (Å²) in [7, 11) is 0. The van der Waals surface area contributed by atoms with Crippen molar-refractivity contribution >= 4 is 11.9 Å². The Kier molecular flexibility index (Phi) is 5.63. The van der Waals surface area contributed by atoms with E-state index in [0.29, 0.717) is 13.0 Å². The van der Waals surface area contributed by atoms with Crippen LogP contribution >= 0.6 is 0 Å². The third kappa shape index (κ3) is 3.47. The van der Waals surface area contributed by atoms with Crippen molar-refractivity contribution in [3.8, 4) is 0 Å². The molecule has 1 N–H and O–H groups in total. The highest BCUT2D eigenvalue weighted by Crippen LogP contribution is 2.26. The zero-order chi connectivity index (χ0) is 13.7. The number of nitrogens with zero attached hydrogens (tertiary/aromatic N) is 1. The molecule has 1 aliphatic rings. The average molecular weight is 255 g/mol. The van der Waals surface area contributed by atoms with Crippen molar-refractivity contribution in [2.75, 3.05) is 6.54 Å². The van der Waals surface area contributed by atoms with E-state index in [1.165, 1.54) is 0 Å². The predicted molar refractivity (Wildman–Crippen MR) is 70.2 cm³/mol. The predicted octanol–water partition coefficient (Wildman–Crippen LogP) is 2.52. The molecule has 0 radical (unpaired) electrons. The molecule has 1 unspecified atom stereocenters. The van der Waals surface area contributed by atoms with Crippen LogP contribution < -0.4 is 0 Å². The lowest BCUT2D eigenvalue weighted by Crippen LogP contribution is -2.50. The van der Waals surface area contributed by atoms with Gasteiger partial charge in [0.25, 0.3) is 0 Å². The lowest BCUT2D eigenvalue weighted by molar-refractivity contribution is -0.150. The molecule has 1 fully saturated rings. The number of piperidine rings is 1. The SMILES string of the molecule is CCCCC(C)C(=O)N1CCC[C@H](C(=O)O)[C@@H]1C. The second-order valence-corrected chi connectivity index (χ2v) is 5.40. The fourth-order valence-corrected chi connectivity index (χ4v) is 2.70. The highest BCUT2D eigenvalue weighted by molar-refractivity contribution is 5.80. The molecule has 1 saturated heterocycles. The number of carbonyl (C=O) groups is 2. The van der Waals surface area contributed by atoms with Crippen molar-refractivity contribution in [3.05, 3.63) is 0 Å². The van der Waals surface area contributed by atoms with E-state index < -0.39 is 11.9 Å². The molecule has 4 heteroatoms. The maximum atomic E-state index is 12.3. The molecule has 0 saturated carbocycles. The van der Waals surface area contributed by atoms with Gasteiger partial charge in [-0.15, -0.1) is 0 Å². The zero-order valence-electron chi connectivity index (χ0n) is 11.7. The van der Waals surface area contributed by atoms with E-state index in [9.17, 15) is 9.59 Å². The number of aliphatic carboxylic acids is 1. The second-order valence-electron chi connectivity index (χ2n) is 5.40. The summed E-state index contributed by atoms with van der Waals surface area (Å²) < 4.78 is 0. The Bertz CT molecular complexity index is 303. The molecular formula is C14H25NO3. The lowest BCUT2D eigenvalue weighted by Gasteiger charge is -2.38. The first-order valence-electron chi connectivity index (χ1n) is 7.02. The van der Waals surface area contributed by atoms with Gasteiger partial charge in [-0.25, -0.2) is 0 Å². The van der Waals surface area contributed by atoms with Crippen molar-refractivity contribution in [1.82, 2.24) is 4.90 Å². The summed E-state index contributed by atoms with van der Waals surface area (Å²) in [5.41, 5.74) is 0. The molecule has 0 spiro atoms. The summed E-state index contributed by atoms with van der Waals surface area (Å²) in [5.74, 6) is -1.04. The molecule has 0 aromatic heterocycles. The quantitative estimate of drug-likeness (QED) is 0.821. The molecular weight excluding hydrogens is 230 g/mol. The molecule has 1 aliphatic heterocycles. The summed E-state index contributed by atoms with van der Waals surface area (Å²) in [6.45, 7) is 6.64. The van der Waals surface area contributed by atoms with Crippen molar-refractivity contribution in [2.45, 2.75) is 58.9 Å². The largest absolute Gasteiger partial charge is 0.481 e. The van der Waals surface area contributed by atoms with Crippen LogP contribution in [0.3, 0.4) is 0 Å². The summed E-state index contributed by atoms with van der Waals surface area (Å²) in [4.78, 5) is 25.2. The van der Waals surface area contributed by atoms with Crippen molar-refractivity contribution in [1.29, 1.82) is 0 Å². The lowest BCUT2D eigenvalue weighted by atomic mass is 9.89. The number of rotatable bonds is 5. The van der Waals surface area contributed by atoms with Gasteiger partial charge < -0.3 is 10.0 Å². The molecule has 104 valence electrons. The number of amides is 1. The smallest absolute Gasteiger partial charge is 0.308 e. The van der Waals surface area contributed by atoms with Gasteiger partial charge in [-0.1, -0.05) is 26.7 Å². The van der Waals surface area contributed by atoms with Crippen molar-refractivity contribution in [3.63, 3.8) is 0 Å². The van der Waals surface area contributed by atoms with Gasteiger partial charge >= 0.3 is 5.97 Å². The van der Waals surface area contributed by atoms with Crippen LogP contribution in [0.4, 0.5) is 0 Å². The van der Waals surface area contributed by atoms with Crippen LogP contribution in [0, 0.1) is 11.8 Å². The first-order valence-corrected chi connectivity index (χ1v) is 7.02. The minimum atomic E-state index is -0.777. The minimum Gasteiger partial charge on any atom is -0.481 e. The van der Waals surface area contributed by atoms with Gasteiger partial charge in [0.1, 0.15) is 0 Å². The number of hydrogen-bond donors (Lipinski definition) is 1. The van der Waals surface area contributed by atoms with E-state index in [1.54, 1.807) is 4.90 Å². The summed E-state index contributed by atoms with van der Waals surface area (Å²) in [5, 5.41) is 9.15. The highest BCUT2D eigenvalue weighted by atomic mass is 16.4. The standard InChI is InChI=1S/C14H25NO3/c1-4-5-7-10(2)13(16)15-9-6-8-12(11(15)3)14(17)18/h10-12H,4-9H2,1-3H3,(H,17,18)/t10?,11-,12-/m0/s1. The highest BCUT2D eigenvalue weighted by Gasteiger charge is 2.36. The van der Waals surface area contributed by atoms with E-state index in [1.807, 2.05) is 13.8 Å². The van der Waals surface area contributed by atoms with E-state index in [2.05, 4.69) is 6.92 Å². The topological polar surface area (TPSA) is 57.6 Å². The third-order valence-electron chi connectivity index (χ3n) is 4.00. The first kappa shape index (κ1) is 15.0. The fraction of sp³-hybridized carbons (Fsp3) is 0.857. The molecule has 4 nitrogen and oxygen atoms in total. The molecule has 0 bridgehead atoms. The van der Waals surface area contributed by atoms with Crippen LogP contribution in [0.1, 0.15) is 52.9 Å². The monoisotopic (exact) mass is 255 g/mol. The average Bonchev–Trinajstić information content (AvgIpc) is 2.35. The molecule has 3 atom stereocenters. The molecule has 1 amide bonds. The van der Waals surface area contributed by atoms with Gasteiger partial charge in [-0.3, -0.25) is 9.59 Å². The van der Waals surface area contributed by atoms with Crippen LogP contribution in [-0.4, -0.2) is 34.5 Å². The Morgan fingerprint density at radius 2 is 2.11 bits per heavy atom. The molecule has 1 heterocycles.